The number of hydrogen-bond acceptors (Lipinski definition) is 7. The van der Waals surface area contributed by atoms with Crippen molar-refractivity contribution in [1.29, 1.82) is 0 Å². The van der Waals surface area contributed by atoms with Crippen LogP contribution in [0.25, 0.3) is 22.6 Å². The van der Waals surface area contributed by atoms with Crippen LogP contribution in [-0.4, -0.2) is 46.2 Å². The van der Waals surface area contributed by atoms with Crippen molar-refractivity contribution in [2.24, 2.45) is 0 Å². The summed E-state index contributed by atoms with van der Waals surface area (Å²) in [4.78, 5) is 11.7. The lowest BCUT2D eigenvalue weighted by Crippen LogP contribution is -2.33. The number of hydrogen-bond donors (Lipinski definition) is 1. The molecule has 1 aliphatic heterocycles. The maximum absolute atomic E-state index is 5.48. The van der Waals surface area contributed by atoms with Crippen molar-refractivity contribution in [1.82, 2.24) is 20.0 Å². The van der Waals surface area contributed by atoms with E-state index in [1.54, 1.807) is 12.5 Å². The summed E-state index contributed by atoms with van der Waals surface area (Å²) in [6, 6.07) is 3.81. The second-order valence-corrected chi connectivity index (χ2v) is 7.01. The van der Waals surface area contributed by atoms with Gasteiger partial charge in [-0.3, -0.25) is 0 Å². The van der Waals surface area contributed by atoms with Crippen LogP contribution < -0.4 is 5.32 Å². The van der Waals surface area contributed by atoms with E-state index in [-0.39, 0.29) is 0 Å². The van der Waals surface area contributed by atoms with Gasteiger partial charge < -0.3 is 19.2 Å². The van der Waals surface area contributed by atoms with Crippen molar-refractivity contribution in [3.8, 4) is 22.6 Å². The predicted octanol–water partition coefficient (Wildman–Crippen LogP) is 3.91. The van der Waals surface area contributed by atoms with Crippen LogP contribution in [-0.2, 0) is 0 Å². The number of anilines is 1. The molecule has 7 nitrogen and oxygen atoms in total. The van der Waals surface area contributed by atoms with Gasteiger partial charge in [0, 0.05) is 30.9 Å². The van der Waals surface area contributed by atoms with Gasteiger partial charge in [0.1, 0.15) is 5.76 Å². The quantitative estimate of drug-likeness (QED) is 0.707. The van der Waals surface area contributed by atoms with Crippen LogP contribution in [0.4, 0.5) is 5.95 Å². The molecule has 4 rings (SSSR count). The van der Waals surface area contributed by atoms with Crippen molar-refractivity contribution < 1.29 is 8.94 Å². The molecule has 3 aromatic heterocycles. The van der Waals surface area contributed by atoms with Crippen molar-refractivity contribution in [2.45, 2.75) is 33.1 Å². The molecule has 0 radical (unpaired) electrons. The van der Waals surface area contributed by atoms with E-state index in [0.717, 1.165) is 41.4 Å². The maximum atomic E-state index is 5.48. The number of furan rings is 1. The summed E-state index contributed by atoms with van der Waals surface area (Å²) in [5.41, 5.74) is 3.35. The molecule has 7 heteroatoms. The fourth-order valence-electron chi connectivity index (χ4n) is 3.48. The van der Waals surface area contributed by atoms with E-state index in [1.165, 1.54) is 32.4 Å². The molecular weight excluding hydrogens is 342 g/mol. The number of piperidine rings is 1. The van der Waals surface area contributed by atoms with Gasteiger partial charge in [-0.05, 0) is 45.8 Å². The Kier molecular flexibility index (Phi) is 5.20. The fraction of sp³-hybridized carbons (Fsp3) is 0.450. The van der Waals surface area contributed by atoms with Gasteiger partial charge in [-0.15, -0.1) is 0 Å². The molecule has 1 fully saturated rings. The monoisotopic (exact) mass is 367 g/mol. The largest absolute Gasteiger partial charge is 0.469 e. The molecule has 27 heavy (non-hydrogen) atoms. The average Bonchev–Trinajstić information content (AvgIpc) is 3.31. The van der Waals surface area contributed by atoms with Crippen LogP contribution in [0.1, 0.15) is 30.7 Å². The van der Waals surface area contributed by atoms with E-state index in [1.807, 2.05) is 26.0 Å². The second kappa shape index (κ2) is 7.92. The molecule has 0 bridgehead atoms. The first-order valence-corrected chi connectivity index (χ1v) is 9.52. The molecule has 1 saturated heterocycles. The smallest absolute Gasteiger partial charge is 0.223 e. The van der Waals surface area contributed by atoms with E-state index in [9.17, 15) is 0 Å². The minimum Gasteiger partial charge on any atom is -0.469 e. The SMILES string of the molecule is Cc1cc(-c2cnc(NCCN3CCCCC3)nc2-c2ccoc2C)on1. The Morgan fingerprint density at radius 3 is 2.70 bits per heavy atom. The molecule has 4 heterocycles. The Morgan fingerprint density at radius 1 is 1.15 bits per heavy atom. The highest BCUT2D eigenvalue weighted by Gasteiger charge is 2.18. The Bertz CT molecular complexity index is 895. The highest BCUT2D eigenvalue weighted by atomic mass is 16.5. The van der Waals surface area contributed by atoms with Crippen LogP contribution in [0, 0.1) is 13.8 Å². The molecule has 142 valence electrons. The van der Waals surface area contributed by atoms with Gasteiger partial charge in [-0.2, -0.15) is 0 Å². The third-order valence-electron chi connectivity index (χ3n) is 4.96. The summed E-state index contributed by atoms with van der Waals surface area (Å²) in [5, 5.41) is 7.34. The summed E-state index contributed by atoms with van der Waals surface area (Å²) in [5.74, 6) is 2.08. The Morgan fingerprint density at radius 2 is 2.00 bits per heavy atom. The lowest BCUT2D eigenvalue weighted by atomic mass is 10.1. The third kappa shape index (κ3) is 4.03. The zero-order valence-electron chi connectivity index (χ0n) is 15.9. The minimum atomic E-state index is 0.614. The molecule has 0 saturated carbocycles. The molecule has 0 spiro atoms. The first kappa shape index (κ1) is 17.7. The van der Waals surface area contributed by atoms with Crippen LogP contribution in [0.5, 0.6) is 0 Å². The fourth-order valence-corrected chi connectivity index (χ4v) is 3.48. The first-order valence-electron chi connectivity index (χ1n) is 9.52. The number of likely N-dealkylation sites (tertiary alicyclic amines) is 1. The highest BCUT2D eigenvalue weighted by molar-refractivity contribution is 5.79. The normalized spacial score (nSPS) is 15.2. The molecule has 0 atom stereocenters. The minimum absolute atomic E-state index is 0.614. The summed E-state index contributed by atoms with van der Waals surface area (Å²) in [6.07, 6.45) is 7.41. The van der Waals surface area contributed by atoms with E-state index >= 15 is 0 Å². The summed E-state index contributed by atoms with van der Waals surface area (Å²) in [6.45, 7) is 8.03. The highest BCUT2D eigenvalue weighted by Crippen LogP contribution is 2.33. The van der Waals surface area contributed by atoms with Gasteiger partial charge in [0.2, 0.25) is 5.95 Å². The predicted molar refractivity (Wildman–Crippen MR) is 103 cm³/mol. The standard InChI is InChI=1S/C20H25N5O2/c1-14-12-18(27-24-14)17-13-22-20(21-7-10-25-8-4-3-5-9-25)23-19(17)16-6-11-26-15(16)2/h6,11-13H,3-5,7-10H2,1-2H3,(H,21,22,23). The summed E-state index contributed by atoms with van der Waals surface area (Å²) in [7, 11) is 0. The number of nitrogens with zero attached hydrogens (tertiary/aromatic N) is 4. The van der Waals surface area contributed by atoms with Gasteiger partial charge in [-0.1, -0.05) is 11.6 Å². The van der Waals surface area contributed by atoms with Gasteiger partial charge in [0.15, 0.2) is 5.76 Å². The number of rotatable bonds is 6. The zero-order valence-corrected chi connectivity index (χ0v) is 15.9. The Labute approximate surface area is 158 Å². The number of nitrogens with one attached hydrogen (secondary N) is 1. The Balaban J connectivity index is 1.56. The molecule has 0 aromatic carbocycles. The first-order chi connectivity index (χ1) is 13.2. The van der Waals surface area contributed by atoms with Crippen molar-refractivity contribution in [2.75, 3.05) is 31.5 Å². The van der Waals surface area contributed by atoms with Gasteiger partial charge in [0.25, 0.3) is 0 Å². The van der Waals surface area contributed by atoms with Crippen LogP contribution in [0.3, 0.4) is 0 Å². The molecule has 1 N–H and O–H groups in total. The van der Waals surface area contributed by atoms with Crippen LogP contribution in [0.2, 0.25) is 0 Å². The zero-order chi connectivity index (χ0) is 18.6. The van der Waals surface area contributed by atoms with Gasteiger partial charge in [0.05, 0.1) is 23.2 Å². The lowest BCUT2D eigenvalue weighted by Gasteiger charge is -2.26. The summed E-state index contributed by atoms with van der Waals surface area (Å²) < 4.78 is 10.9. The van der Waals surface area contributed by atoms with Crippen LogP contribution in [0.15, 0.2) is 33.5 Å². The number of aryl methyl sites for hydroxylation is 2. The van der Waals surface area contributed by atoms with Crippen molar-refractivity contribution in [3.63, 3.8) is 0 Å². The molecular formula is C20H25N5O2. The van der Waals surface area contributed by atoms with E-state index in [2.05, 4.69) is 20.4 Å². The maximum Gasteiger partial charge on any atom is 0.223 e. The molecule has 0 amide bonds. The van der Waals surface area contributed by atoms with Crippen molar-refractivity contribution >= 4 is 5.95 Å². The third-order valence-corrected chi connectivity index (χ3v) is 4.96. The molecule has 3 aromatic rings. The number of aromatic nitrogens is 3. The van der Waals surface area contributed by atoms with Gasteiger partial charge in [-0.25, -0.2) is 9.97 Å². The van der Waals surface area contributed by atoms with Gasteiger partial charge >= 0.3 is 0 Å². The topological polar surface area (TPSA) is 80.2 Å². The average molecular weight is 367 g/mol. The molecule has 0 unspecified atom stereocenters. The van der Waals surface area contributed by atoms with E-state index in [0.29, 0.717) is 11.7 Å². The van der Waals surface area contributed by atoms with E-state index < -0.39 is 0 Å². The molecule has 0 aliphatic carbocycles. The van der Waals surface area contributed by atoms with Crippen LogP contribution >= 0.6 is 0 Å². The lowest BCUT2D eigenvalue weighted by molar-refractivity contribution is 0.237. The summed E-state index contributed by atoms with van der Waals surface area (Å²) >= 11 is 0. The molecule has 1 aliphatic rings. The van der Waals surface area contributed by atoms with Crippen molar-refractivity contribution in [3.05, 3.63) is 36.0 Å². The van der Waals surface area contributed by atoms with E-state index in [4.69, 9.17) is 13.9 Å². The Hall–Kier alpha value is -2.67. The second-order valence-electron chi connectivity index (χ2n) is 7.01.